The normalized spacial score (nSPS) is 11.1. The van der Waals surface area contributed by atoms with Crippen LogP contribution in [0.2, 0.25) is 10.0 Å². The van der Waals surface area contributed by atoms with E-state index in [2.05, 4.69) is 15.3 Å². The minimum atomic E-state index is 0.554. The Morgan fingerprint density at radius 1 is 1.04 bits per heavy atom. The van der Waals surface area contributed by atoms with Gasteiger partial charge >= 0.3 is 0 Å². The van der Waals surface area contributed by atoms with E-state index in [4.69, 9.17) is 27.9 Å². The fourth-order valence-electron chi connectivity index (χ4n) is 2.31. The fourth-order valence-corrected chi connectivity index (χ4v) is 3.74. The molecule has 2 heterocycles. The molecule has 0 atom stereocenters. The molecule has 0 aliphatic heterocycles. The molecule has 8 heteroatoms. The van der Waals surface area contributed by atoms with Crippen molar-refractivity contribution in [2.75, 3.05) is 7.11 Å². The van der Waals surface area contributed by atoms with Crippen LogP contribution in [0.25, 0.3) is 26.9 Å². The van der Waals surface area contributed by atoms with Crippen molar-refractivity contribution in [3.05, 3.63) is 52.5 Å². The molecule has 0 saturated carbocycles. The van der Waals surface area contributed by atoms with E-state index in [0.29, 0.717) is 20.8 Å². The lowest BCUT2D eigenvalue weighted by Gasteiger charge is -2.01. The van der Waals surface area contributed by atoms with Gasteiger partial charge in [0.1, 0.15) is 10.8 Å². The molecule has 0 fully saturated rings. The number of hydrogen-bond donors (Lipinski definition) is 0. The summed E-state index contributed by atoms with van der Waals surface area (Å²) in [5.41, 5.74) is 1.72. The van der Waals surface area contributed by atoms with Crippen molar-refractivity contribution < 1.29 is 4.74 Å². The summed E-state index contributed by atoms with van der Waals surface area (Å²) in [5.74, 6) is 1.45. The largest absolute Gasteiger partial charge is 0.497 e. The van der Waals surface area contributed by atoms with Crippen LogP contribution in [0.3, 0.4) is 0 Å². The number of rotatable bonds is 3. The van der Waals surface area contributed by atoms with Crippen LogP contribution >= 0.6 is 34.5 Å². The van der Waals surface area contributed by atoms with Crippen LogP contribution in [0.5, 0.6) is 5.75 Å². The van der Waals surface area contributed by atoms with E-state index in [9.17, 15) is 0 Å². The van der Waals surface area contributed by atoms with Crippen LogP contribution < -0.4 is 4.74 Å². The van der Waals surface area contributed by atoms with E-state index in [-0.39, 0.29) is 0 Å². The van der Waals surface area contributed by atoms with Crippen LogP contribution in [-0.4, -0.2) is 26.9 Å². The first kappa shape index (κ1) is 15.4. The first-order valence-electron chi connectivity index (χ1n) is 6.98. The molecule has 5 nitrogen and oxygen atoms in total. The van der Waals surface area contributed by atoms with Crippen molar-refractivity contribution in [2.24, 2.45) is 0 Å². The first-order valence-corrected chi connectivity index (χ1v) is 8.55. The third-order valence-electron chi connectivity index (χ3n) is 3.50. The zero-order chi connectivity index (χ0) is 16.7. The highest BCUT2D eigenvalue weighted by Crippen LogP contribution is 2.34. The van der Waals surface area contributed by atoms with Crippen molar-refractivity contribution >= 4 is 39.5 Å². The minimum Gasteiger partial charge on any atom is -0.497 e. The average Bonchev–Trinajstić information content (AvgIpc) is 3.15. The van der Waals surface area contributed by atoms with E-state index < -0.39 is 0 Å². The number of aromatic nitrogens is 4. The molecule has 2 aromatic heterocycles. The van der Waals surface area contributed by atoms with Gasteiger partial charge < -0.3 is 4.74 Å². The second kappa shape index (κ2) is 6.05. The lowest BCUT2D eigenvalue weighted by molar-refractivity contribution is 0.415. The Bertz CT molecular complexity index is 1030. The monoisotopic (exact) mass is 376 g/mol. The summed E-state index contributed by atoms with van der Waals surface area (Å²) in [5, 5.41) is 14.9. The van der Waals surface area contributed by atoms with Gasteiger partial charge in [0.2, 0.25) is 4.96 Å². The second-order valence-electron chi connectivity index (χ2n) is 4.98. The summed E-state index contributed by atoms with van der Waals surface area (Å²) in [7, 11) is 1.63. The molecule has 24 heavy (non-hydrogen) atoms. The molecule has 0 aliphatic carbocycles. The molecule has 120 valence electrons. The molecule has 0 spiro atoms. The SMILES string of the molecule is COc1ccc(-c2nnc3sc(-c4ccc(Cl)cc4Cl)nn23)cc1. The smallest absolute Gasteiger partial charge is 0.235 e. The quantitative estimate of drug-likeness (QED) is 0.513. The fraction of sp³-hybridized carbons (Fsp3) is 0.0625. The number of methoxy groups -OCH3 is 1. The predicted molar refractivity (Wildman–Crippen MR) is 96.1 cm³/mol. The van der Waals surface area contributed by atoms with Crippen LogP contribution in [0, 0.1) is 0 Å². The van der Waals surface area contributed by atoms with Crippen LogP contribution in [0.1, 0.15) is 0 Å². The summed E-state index contributed by atoms with van der Waals surface area (Å²) >= 11 is 13.6. The van der Waals surface area contributed by atoms with E-state index in [1.807, 2.05) is 30.3 Å². The van der Waals surface area contributed by atoms with Crippen molar-refractivity contribution in [2.45, 2.75) is 0 Å². The third kappa shape index (κ3) is 2.62. The van der Waals surface area contributed by atoms with Crippen LogP contribution in [0.15, 0.2) is 42.5 Å². The highest BCUT2D eigenvalue weighted by atomic mass is 35.5. The number of fused-ring (bicyclic) bond motifs is 1. The predicted octanol–water partition coefficient (Wildman–Crippen LogP) is 4.84. The maximum atomic E-state index is 6.27. The average molecular weight is 377 g/mol. The minimum absolute atomic E-state index is 0.554. The van der Waals surface area contributed by atoms with Gasteiger partial charge in [-0.1, -0.05) is 34.5 Å². The van der Waals surface area contributed by atoms with Gasteiger partial charge in [-0.15, -0.1) is 10.2 Å². The Labute approximate surface area is 151 Å². The molecular formula is C16H10Cl2N4OS. The molecule has 4 aromatic rings. The summed E-state index contributed by atoms with van der Waals surface area (Å²) in [4.78, 5) is 0.696. The number of benzene rings is 2. The van der Waals surface area contributed by atoms with Gasteiger partial charge in [0, 0.05) is 16.1 Å². The van der Waals surface area contributed by atoms with Crippen molar-refractivity contribution in [3.63, 3.8) is 0 Å². The Kier molecular flexibility index (Phi) is 3.88. The van der Waals surface area contributed by atoms with Crippen LogP contribution in [0.4, 0.5) is 0 Å². The van der Waals surface area contributed by atoms with Gasteiger partial charge in [0.05, 0.1) is 12.1 Å². The summed E-state index contributed by atoms with van der Waals surface area (Å²) in [6.07, 6.45) is 0. The van der Waals surface area contributed by atoms with Crippen molar-refractivity contribution in [1.82, 2.24) is 19.8 Å². The summed E-state index contributed by atoms with van der Waals surface area (Å²) < 4.78 is 6.89. The van der Waals surface area contributed by atoms with Crippen LogP contribution in [-0.2, 0) is 0 Å². The molecular weight excluding hydrogens is 367 g/mol. The van der Waals surface area contributed by atoms with Gasteiger partial charge in [-0.05, 0) is 42.5 Å². The number of ether oxygens (including phenoxy) is 1. The van der Waals surface area contributed by atoms with Gasteiger partial charge in [-0.3, -0.25) is 0 Å². The zero-order valence-electron chi connectivity index (χ0n) is 12.4. The van der Waals surface area contributed by atoms with E-state index in [1.54, 1.807) is 23.8 Å². The zero-order valence-corrected chi connectivity index (χ0v) is 14.7. The Hall–Kier alpha value is -2.15. The Morgan fingerprint density at radius 3 is 2.54 bits per heavy atom. The molecule has 0 bridgehead atoms. The van der Waals surface area contributed by atoms with E-state index in [0.717, 1.165) is 21.9 Å². The van der Waals surface area contributed by atoms with Crippen molar-refractivity contribution in [3.8, 4) is 27.7 Å². The lowest BCUT2D eigenvalue weighted by Crippen LogP contribution is -1.91. The Morgan fingerprint density at radius 2 is 1.83 bits per heavy atom. The first-order chi connectivity index (χ1) is 11.7. The number of nitrogens with zero attached hydrogens (tertiary/aromatic N) is 4. The maximum Gasteiger partial charge on any atom is 0.235 e. The maximum absolute atomic E-state index is 6.27. The molecule has 4 rings (SSSR count). The van der Waals surface area contributed by atoms with Gasteiger partial charge in [-0.25, -0.2) is 0 Å². The number of halogens is 2. The molecule has 0 radical (unpaired) electrons. The Balaban J connectivity index is 1.80. The third-order valence-corrected chi connectivity index (χ3v) is 4.98. The standard InChI is InChI=1S/C16H10Cl2N4OS/c1-23-11-5-2-9(3-6-11)14-19-20-16-22(14)21-15(24-16)12-7-4-10(17)8-13(12)18/h2-8H,1H3. The van der Waals surface area contributed by atoms with Gasteiger partial charge in [-0.2, -0.15) is 9.61 Å². The molecule has 2 aromatic carbocycles. The lowest BCUT2D eigenvalue weighted by atomic mass is 10.2. The molecule has 0 amide bonds. The second-order valence-corrected chi connectivity index (χ2v) is 6.78. The van der Waals surface area contributed by atoms with Crippen molar-refractivity contribution in [1.29, 1.82) is 0 Å². The molecule has 0 N–H and O–H groups in total. The topological polar surface area (TPSA) is 52.3 Å². The highest BCUT2D eigenvalue weighted by molar-refractivity contribution is 7.19. The molecule has 0 aliphatic rings. The van der Waals surface area contributed by atoms with E-state index in [1.165, 1.54) is 11.3 Å². The summed E-state index contributed by atoms with van der Waals surface area (Å²) in [6.45, 7) is 0. The molecule has 0 unspecified atom stereocenters. The number of hydrogen-bond acceptors (Lipinski definition) is 5. The van der Waals surface area contributed by atoms with Gasteiger partial charge in [0.25, 0.3) is 0 Å². The highest BCUT2D eigenvalue weighted by Gasteiger charge is 2.16. The molecule has 0 saturated heterocycles. The van der Waals surface area contributed by atoms with E-state index >= 15 is 0 Å². The summed E-state index contributed by atoms with van der Waals surface area (Å²) in [6, 6.07) is 12.9. The van der Waals surface area contributed by atoms with Gasteiger partial charge in [0.15, 0.2) is 5.82 Å².